The summed E-state index contributed by atoms with van der Waals surface area (Å²) in [6.45, 7) is 6.15. The summed E-state index contributed by atoms with van der Waals surface area (Å²) in [5.41, 5.74) is 0.204. The Bertz CT molecular complexity index is 356. The Morgan fingerprint density at radius 3 is 2.38 bits per heavy atom. The van der Waals surface area contributed by atoms with Crippen LogP contribution in [0.25, 0.3) is 0 Å². The second kappa shape index (κ2) is 4.76. The maximum atomic E-state index is 12.6. The van der Waals surface area contributed by atoms with E-state index in [9.17, 15) is 13.2 Å². The number of hydrogen-bond acceptors (Lipinski definition) is 1. The minimum atomic E-state index is -4.28. The molecule has 1 N–H and O–H groups in total. The van der Waals surface area contributed by atoms with Crippen LogP contribution in [0.4, 0.5) is 18.9 Å². The lowest BCUT2D eigenvalue weighted by atomic mass is 10.1. The van der Waals surface area contributed by atoms with Crippen molar-refractivity contribution in [2.75, 3.05) is 11.9 Å². The van der Waals surface area contributed by atoms with Crippen LogP contribution in [0.1, 0.15) is 25.0 Å². The van der Waals surface area contributed by atoms with Crippen LogP contribution >= 0.6 is 0 Å². The first-order valence-corrected chi connectivity index (χ1v) is 5.22. The third-order valence-electron chi connectivity index (χ3n) is 2.26. The molecule has 4 heteroatoms. The second-order valence-corrected chi connectivity index (χ2v) is 4.30. The van der Waals surface area contributed by atoms with E-state index in [-0.39, 0.29) is 5.56 Å². The molecular weight excluding hydrogens is 215 g/mol. The van der Waals surface area contributed by atoms with Crippen molar-refractivity contribution < 1.29 is 13.2 Å². The highest BCUT2D eigenvalue weighted by molar-refractivity contribution is 5.49. The minimum Gasteiger partial charge on any atom is -0.385 e. The molecule has 0 saturated heterocycles. The van der Waals surface area contributed by atoms with Gasteiger partial charge in [-0.05, 0) is 30.5 Å². The quantitative estimate of drug-likeness (QED) is 0.826. The van der Waals surface area contributed by atoms with Crippen molar-refractivity contribution in [2.24, 2.45) is 5.92 Å². The minimum absolute atomic E-state index is 0.252. The Kier molecular flexibility index (Phi) is 3.83. The van der Waals surface area contributed by atoms with Crippen molar-refractivity contribution in [2.45, 2.75) is 26.9 Å². The highest BCUT2D eigenvalue weighted by Gasteiger charge is 2.32. The van der Waals surface area contributed by atoms with Crippen molar-refractivity contribution in [1.82, 2.24) is 0 Å². The fourth-order valence-corrected chi connectivity index (χ4v) is 1.36. The topological polar surface area (TPSA) is 12.0 Å². The zero-order valence-corrected chi connectivity index (χ0v) is 9.65. The van der Waals surface area contributed by atoms with E-state index < -0.39 is 11.7 Å². The lowest BCUT2D eigenvalue weighted by Crippen LogP contribution is -2.11. The number of rotatable bonds is 3. The molecule has 0 radical (unpaired) electrons. The third kappa shape index (κ3) is 3.43. The summed E-state index contributed by atoms with van der Waals surface area (Å²) in [4.78, 5) is 0. The predicted octanol–water partition coefficient (Wildman–Crippen LogP) is 4.08. The van der Waals surface area contributed by atoms with Crippen LogP contribution in [0.5, 0.6) is 0 Å². The molecule has 0 amide bonds. The first-order chi connectivity index (χ1) is 7.30. The van der Waals surface area contributed by atoms with Gasteiger partial charge in [-0.1, -0.05) is 19.9 Å². The molecule has 1 aromatic rings. The van der Waals surface area contributed by atoms with Gasteiger partial charge < -0.3 is 5.32 Å². The van der Waals surface area contributed by atoms with Gasteiger partial charge in [-0.3, -0.25) is 0 Å². The number of benzene rings is 1. The molecule has 1 nitrogen and oxygen atoms in total. The largest absolute Gasteiger partial charge is 0.416 e. The molecular formula is C12H16F3N. The summed E-state index contributed by atoms with van der Waals surface area (Å²) in [6, 6.07) is 4.33. The van der Waals surface area contributed by atoms with Gasteiger partial charge in [0.1, 0.15) is 0 Å². The van der Waals surface area contributed by atoms with Crippen molar-refractivity contribution in [3.05, 3.63) is 29.3 Å². The maximum Gasteiger partial charge on any atom is 0.416 e. The second-order valence-electron chi connectivity index (χ2n) is 4.30. The van der Waals surface area contributed by atoms with E-state index in [1.165, 1.54) is 13.0 Å². The number of anilines is 1. The number of hydrogen-bond donors (Lipinski definition) is 1. The van der Waals surface area contributed by atoms with Crippen molar-refractivity contribution in [3.63, 3.8) is 0 Å². The van der Waals surface area contributed by atoms with Crippen molar-refractivity contribution in [3.8, 4) is 0 Å². The molecule has 0 aliphatic carbocycles. The van der Waals surface area contributed by atoms with Gasteiger partial charge in [0.25, 0.3) is 0 Å². The summed E-state index contributed by atoms with van der Waals surface area (Å²) in [6.07, 6.45) is -4.28. The van der Waals surface area contributed by atoms with E-state index in [0.717, 1.165) is 6.07 Å². The van der Waals surface area contributed by atoms with Gasteiger partial charge in [0.2, 0.25) is 0 Å². The monoisotopic (exact) mass is 231 g/mol. The fraction of sp³-hybridized carbons (Fsp3) is 0.500. The van der Waals surface area contributed by atoms with Gasteiger partial charge in [-0.2, -0.15) is 13.2 Å². The van der Waals surface area contributed by atoms with Crippen LogP contribution < -0.4 is 5.32 Å². The summed E-state index contributed by atoms with van der Waals surface area (Å²) in [5.74, 6) is 0.399. The lowest BCUT2D eigenvalue weighted by molar-refractivity contribution is -0.138. The number of alkyl halides is 3. The lowest BCUT2D eigenvalue weighted by Gasteiger charge is -2.14. The van der Waals surface area contributed by atoms with E-state index in [0.29, 0.717) is 18.2 Å². The van der Waals surface area contributed by atoms with Crippen LogP contribution in [0, 0.1) is 12.8 Å². The van der Waals surface area contributed by atoms with Gasteiger partial charge >= 0.3 is 6.18 Å². The Balaban J connectivity index is 2.90. The summed E-state index contributed by atoms with van der Waals surface area (Å²) in [7, 11) is 0. The van der Waals surface area contributed by atoms with E-state index in [1.54, 1.807) is 6.07 Å². The van der Waals surface area contributed by atoms with Crippen LogP contribution in [0.3, 0.4) is 0 Å². The van der Waals surface area contributed by atoms with Crippen LogP contribution in [0.15, 0.2) is 18.2 Å². The van der Waals surface area contributed by atoms with Crippen molar-refractivity contribution >= 4 is 5.69 Å². The Labute approximate surface area is 93.7 Å². The summed E-state index contributed by atoms with van der Waals surface area (Å²) in [5, 5.41) is 2.98. The van der Waals surface area contributed by atoms with E-state index in [4.69, 9.17) is 0 Å². The molecule has 0 heterocycles. The Morgan fingerprint density at radius 2 is 1.88 bits per heavy atom. The van der Waals surface area contributed by atoms with Crippen LogP contribution in [0.2, 0.25) is 0 Å². The maximum absolute atomic E-state index is 12.6. The molecule has 0 saturated carbocycles. The van der Waals surface area contributed by atoms with E-state index in [1.807, 2.05) is 13.8 Å². The molecule has 0 aliphatic rings. The van der Waals surface area contributed by atoms with Gasteiger partial charge in [-0.15, -0.1) is 0 Å². The molecule has 0 atom stereocenters. The number of nitrogens with one attached hydrogen (secondary N) is 1. The number of halogens is 3. The smallest absolute Gasteiger partial charge is 0.385 e. The Morgan fingerprint density at radius 1 is 1.25 bits per heavy atom. The van der Waals surface area contributed by atoms with Crippen LogP contribution in [-0.4, -0.2) is 6.54 Å². The Hall–Kier alpha value is -1.19. The first kappa shape index (κ1) is 12.9. The first-order valence-electron chi connectivity index (χ1n) is 5.22. The van der Waals surface area contributed by atoms with E-state index in [2.05, 4.69) is 5.32 Å². The summed E-state index contributed by atoms with van der Waals surface area (Å²) >= 11 is 0. The normalized spacial score (nSPS) is 11.9. The predicted molar refractivity (Wildman–Crippen MR) is 59.5 cm³/mol. The summed E-state index contributed by atoms with van der Waals surface area (Å²) < 4.78 is 37.8. The fourth-order valence-electron chi connectivity index (χ4n) is 1.36. The molecule has 0 aromatic heterocycles. The molecule has 90 valence electrons. The van der Waals surface area contributed by atoms with Gasteiger partial charge in [0, 0.05) is 12.2 Å². The van der Waals surface area contributed by atoms with Crippen LogP contribution in [-0.2, 0) is 6.18 Å². The third-order valence-corrected chi connectivity index (χ3v) is 2.26. The highest BCUT2D eigenvalue weighted by Crippen LogP contribution is 2.33. The number of aryl methyl sites for hydroxylation is 1. The average Bonchev–Trinajstić information content (AvgIpc) is 2.14. The van der Waals surface area contributed by atoms with Gasteiger partial charge in [0.05, 0.1) is 5.56 Å². The van der Waals surface area contributed by atoms with E-state index >= 15 is 0 Å². The standard InChI is InChI=1S/C12H16F3N/c1-8(2)7-16-10-5-4-9(3)11(6-10)12(13,14)15/h4-6,8,16H,7H2,1-3H3. The SMILES string of the molecule is Cc1ccc(NCC(C)C)cc1C(F)(F)F. The zero-order valence-electron chi connectivity index (χ0n) is 9.65. The molecule has 0 bridgehead atoms. The van der Waals surface area contributed by atoms with Gasteiger partial charge in [-0.25, -0.2) is 0 Å². The molecule has 0 fully saturated rings. The van der Waals surface area contributed by atoms with Crippen molar-refractivity contribution in [1.29, 1.82) is 0 Å². The molecule has 0 aliphatic heterocycles. The molecule has 16 heavy (non-hydrogen) atoms. The zero-order chi connectivity index (χ0) is 12.3. The van der Waals surface area contributed by atoms with Gasteiger partial charge in [0.15, 0.2) is 0 Å². The molecule has 1 rings (SSSR count). The highest BCUT2D eigenvalue weighted by atomic mass is 19.4. The molecule has 0 spiro atoms. The molecule has 1 aromatic carbocycles. The molecule has 0 unspecified atom stereocenters. The average molecular weight is 231 g/mol.